The van der Waals surface area contributed by atoms with E-state index in [1.807, 2.05) is 49.1 Å². The Morgan fingerprint density at radius 1 is 1.17 bits per heavy atom. The molecule has 0 aliphatic heterocycles. The fourth-order valence-corrected chi connectivity index (χ4v) is 3.89. The van der Waals surface area contributed by atoms with Crippen LogP contribution in [0.1, 0.15) is 51.6 Å². The Morgan fingerprint density at radius 3 is 2.73 bits per heavy atom. The van der Waals surface area contributed by atoms with Crippen LogP contribution in [0.25, 0.3) is 11.0 Å². The minimum atomic E-state index is -0.179. The Balaban J connectivity index is 1.43. The van der Waals surface area contributed by atoms with E-state index in [2.05, 4.69) is 34.6 Å². The summed E-state index contributed by atoms with van der Waals surface area (Å²) in [5, 5.41) is 12.8. The third-order valence-electron chi connectivity index (χ3n) is 5.70. The predicted octanol–water partition coefficient (Wildman–Crippen LogP) is 3.96. The molecular formula is C23H24N6O. The third kappa shape index (κ3) is 3.36. The minimum absolute atomic E-state index is 0.179. The number of hydrogen-bond acceptors (Lipinski definition) is 4. The normalized spacial score (nSPS) is 13.7. The van der Waals surface area contributed by atoms with Crippen LogP contribution < -0.4 is 5.32 Å². The fraction of sp³-hybridized carbons (Fsp3) is 0.304. The third-order valence-corrected chi connectivity index (χ3v) is 5.70. The van der Waals surface area contributed by atoms with Crippen LogP contribution in [0.3, 0.4) is 0 Å². The van der Waals surface area contributed by atoms with Crippen LogP contribution in [-0.4, -0.2) is 30.5 Å². The SMILES string of the molecule is Cc1ccccc1Cn1ccc(NC(=O)c2cc(C3CC3)nc3c2c(C)nn3C)n1. The highest BCUT2D eigenvalue weighted by Crippen LogP contribution is 2.40. The van der Waals surface area contributed by atoms with Crippen molar-refractivity contribution in [2.75, 3.05) is 5.32 Å². The number of aromatic nitrogens is 5. The zero-order chi connectivity index (χ0) is 20.8. The van der Waals surface area contributed by atoms with E-state index in [0.29, 0.717) is 23.8 Å². The first-order valence-electron chi connectivity index (χ1n) is 10.2. The lowest BCUT2D eigenvalue weighted by atomic mass is 10.1. The average Bonchev–Trinajstić information content (AvgIpc) is 3.43. The van der Waals surface area contributed by atoms with Gasteiger partial charge in [0.15, 0.2) is 11.5 Å². The van der Waals surface area contributed by atoms with Crippen LogP contribution in [0.15, 0.2) is 42.6 Å². The second-order valence-electron chi connectivity index (χ2n) is 8.06. The summed E-state index contributed by atoms with van der Waals surface area (Å²) in [5.74, 6) is 0.805. The molecule has 0 bridgehead atoms. The van der Waals surface area contributed by atoms with E-state index in [1.165, 1.54) is 11.1 Å². The zero-order valence-electron chi connectivity index (χ0n) is 17.4. The maximum Gasteiger partial charge on any atom is 0.257 e. The Morgan fingerprint density at radius 2 is 1.97 bits per heavy atom. The highest BCUT2D eigenvalue weighted by atomic mass is 16.1. The molecule has 3 heterocycles. The number of anilines is 1. The first-order valence-corrected chi connectivity index (χ1v) is 10.2. The van der Waals surface area contributed by atoms with Gasteiger partial charge >= 0.3 is 0 Å². The van der Waals surface area contributed by atoms with Gasteiger partial charge in [0.2, 0.25) is 0 Å². The van der Waals surface area contributed by atoms with Crippen molar-refractivity contribution in [2.45, 2.75) is 39.2 Å². The highest BCUT2D eigenvalue weighted by molar-refractivity contribution is 6.12. The Hall–Kier alpha value is -3.48. The van der Waals surface area contributed by atoms with E-state index in [4.69, 9.17) is 4.98 Å². The first kappa shape index (κ1) is 18.5. The molecule has 7 nitrogen and oxygen atoms in total. The Bertz CT molecular complexity index is 1260. The summed E-state index contributed by atoms with van der Waals surface area (Å²) in [5.41, 5.74) is 5.57. The molecule has 152 valence electrons. The van der Waals surface area contributed by atoms with Crippen molar-refractivity contribution < 1.29 is 4.79 Å². The summed E-state index contributed by atoms with van der Waals surface area (Å²) < 4.78 is 3.59. The fourth-order valence-electron chi connectivity index (χ4n) is 3.89. The number of carbonyl (C=O) groups is 1. The molecule has 1 amide bonds. The molecule has 1 aliphatic rings. The van der Waals surface area contributed by atoms with Crippen molar-refractivity contribution in [1.82, 2.24) is 24.5 Å². The number of carbonyl (C=O) groups excluding carboxylic acids is 1. The van der Waals surface area contributed by atoms with E-state index in [-0.39, 0.29) is 5.91 Å². The van der Waals surface area contributed by atoms with Gasteiger partial charge < -0.3 is 5.32 Å². The summed E-state index contributed by atoms with van der Waals surface area (Å²) in [6.45, 7) is 4.66. The monoisotopic (exact) mass is 400 g/mol. The van der Waals surface area contributed by atoms with Crippen molar-refractivity contribution in [2.24, 2.45) is 7.05 Å². The van der Waals surface area contributed by atoms with E-state index in [0.717, 1.165) is 35.3 Å². The molecular weight excluding hydrogens is 376 g/mol. The van der Waals surface area contributed by atoms with Gasteiger partial charge in [0.25, 0.3) is 5.91 Å². The van der Waals surface area contributed by atoms with Crippen LogP contribution >= 0.6 is 0 Å². The number of nitrogens with one attached hydrogen (secondary N) is 1. The number of amides is 1. The van der Waals surface area contributed by atoms with Crippen molar-refractivity contribution in [1.29, 1.82) is 0 Å². The largest absolute Gasteiger partial charge is 0.305 e. The van der Waals surface area contributed by atoms with Gasteiger partial charge in [-0.2, -0.15) is 10.2 Å². The maximum atomic E-state index is 13.2. The van der Waals surface area contributed by atoms with E-state index >= 15 is 0 Å². The van der Waals surface area contributed by atoms with Crippen LogP contribution in [0.5, 0.6) is 0 Å². The predicted molar refractivity (Wildman–Crippen MR) is 116 cm³/mol. The number of aryl methyl sites for hydroxylation is 3. The molecule has 0 saturated heterocycles. The number of nitrogens with zero attached hydrogens (tertiary/aromatic N) is 5. The molecule has 3 aromatic heterocycles. The number of hydrogen-bond donors (Lipinski definition) is 1. The smallest absolute Gasteiger partial charge is 0.257 e. The van der Waals surface area contributed by atoms with Crippen molar-refractivity contribution in [3.8, 4) is 0 Å². The number of fused-ring (bicyclic) bond motifs is 1. The molecule has 7 heteroatoms. The molecule has 1 N–H and O–H groups in total. The number of pyridine rings is 1. The van der Waals surface area contributed by atoms with Gasteiger partial charge in [-0.1, -0.05) is 24.3 Å². The molecule has 30 heavy (non-hydrogen) atoms. The van der Waals surface area contributed by atoms with Gasteiger partial charge in [-0.25, -0.2) is 4.98 Å². The number of benzene rings is 1. The van der Waals surface area contributed by atoms with Gasteiger partial charge in [-0.15, -0.1) is 0 Å². The van der Waals surface area contributed by atoms with E-state index in [9.17, 15) is 4.79 Å². The minimum Gasteiger partial charge on any atom is -0.305 e. The summed E-state index contributed by atoms with van der Waals surface area (Å²) in [6.07, 6.45) is 4.13. The van der Waals surface area contributed by atoms with Crippen molar-refractivity contribution in [3.63, 3.8) is 0 Å². The average molecular weight is 400 g/mol. The molecule has 1 aliphatic carbocycles. The molecule has 0 radical (unpaired) electrons. The highest BCUT2D eigenvalue weighted by Gasteiger charge is 2.28. The lowest BCUT2D eigenvalue weighted by molar-refractivity contribution is 0.102. The molecule has 0 atom stereocenters. The lowest BCUT2D eigenvalue weighted by Crippen LogP contribution is -2.14. The summed E-state index contributed by atoms with van der Waals surface area (Å²) in [4.78, 5) is 17.9. The van der Waals surface area contributed by atoms with Crippen LogP contribution in [0, 0.1) is 13.8 Å². The number of rotatable bonds is 5. The molecule has 0 unspecified atom stereocenters. The molecule has 4 aromatic rings. The Kier molecular flexibility index (Phi) is 4.38. The standard InChI is InChI=1S/C23H24N6O/c1-14-6-4-5-7-17(14)13-29-11-10-20(27-29)25-23(30)18-12-19(16-8-9-16)24-22-21(18)15(2)26-28(22)3/h4-7,10-12,16H,8-9,13H2,1-3H3,(H,25,27,30). The van der Waals surface area contributed by atoms with Crippen LogP contribution in [0.4, 0.5) is 5.82 Å². The Labute approximate surface area is 174 Å². The molecule has 1 saturated carbocycles. The van der Waals surface area contributed by atoms with E-state index < -0.39 is 0 Å². The van der Waals surface area contributed by atoms with Gasteiger partial charge in [0, 0.05) is 30.9 Å². The molecule has 1 aromatic carbocycles. The van der Waals surface area contributed by atoms with E-state index in [1.54, 1.807) is 4.68 Å². The molecule has 1 fully saturated rings. The van der Waals surface area contributed by atoms with Gasteiger partial charge in [-0.05, 0) is 43.9 Å². The second kappa shape index (κ2) is 7.09. The van der Waals surface area contributed by atoms with Crippen LogP contribution in [0.2, 0.25) is 0 Å². The zero-order valence-corrected chi connectivity index (χ0v) is 17.4. The summed E-state index contributed by atoms with van der Waals surface area (Å²) in [6, 6.07) is 12.0. The van der Waals surface area contributed by atoms with Gasteiger partial charge in [0.05, 0.1) is 23.2 Å². The molecule has 5 rings (SSSR count). The second-order valence-corrected chi connectivity index (χ2v) is 8.06. The topological polar surface area (TPSA) is 77.6 Å². The summed E-state index contributed by atoms with van der Waals surface area (Å²) in [7, 11) is 1.87. The quantitative estimate of drug-likeness (QED) is 0.550. The van der Waals surface area contributed by atoms with Crippen molar-refractivity contribution >= 4 is 22.8 Å². The van der Waals surface area contributed by atoms with Gasteiger partial charge in [-0.3, -0.25) is 14.2 Å². The molecule has 0 spiro atoms. The lowest BCUT2D eigenvalue weighted by Gasteiger charge is -2.08. The van der Waals surface area contributed by atoms with Crippen LogP contribution in [-0.2, 0) is 13.6 Å². The summed E-state index contributed by atoms with van der Waals surface area (Å²) >= 11 is 0. The van der Waals surface area contributed by atoms with Crippen molar-refractivity contribution in [3.05, 3.63) is 70.7 Å². The first-order chi connectivity index (χ1) is 14.5. The van der Waals surface area contributed by atoms with Gasteiger partial charge in [0.1, 0.15) is 0 Å². The maximum absolute atomic E-state index is 13.2.